The molecule has 0 aliphatic rings. The Labute approximate surface area is 90.6 Å². The van der Waals surface area contributed by atoms with Crippen LogP contribution in [0.4, 0.5) is 0 Å². The Hall–Kier alpha value is -1.82. The number of benzene rings is 3. The van der Waals surface area contributed by atoms with E-state index in [9.17, 15) is 0 Å². The van der Waals surface area contributed by atoms with Crippen LogP contribution >= 0.6 is 0 Å². The molecule has 0 radical (unpaired) electrons. The molecule has 3 rings (SSSR count). The lowest BCUT2D eigenvalue weighted by Gasteiger charge is -2.06. The maximum atomic E-state index is 7.71. The minimum absolute atomic E-state index is 0.335. The summed E-state index contributed by atoms with van der Waals surface area (Å²) in [5, 5.41) is 4.86. The van der Waals surface area contributed by atoms with Crippen molar-refractivity contribution in [3.63, 3.8) is 0 Å². The van der Waals surface area contributed by atoms with Gasteiger partial charge in [-0.25, -0.2) is 0 Å². The molecule has 0 bridgehead atoms. The summed E-state index contributed by atoms with van der Waals surface area (Å²) in [6.07, 6.45) is 0. The van der Waals surface area contributed by atoms with Gasteiger partial charge in [-0.05, 0) is 40.1 Å². The summed E-state index contributed by atoms with van der Waals surface area (Å²) in [6.45, 7) is 0.335. The van der Waals surface area contributed by atoms with Crippen molar-refractivity contribution in [2.45, 2.75) is 6.90 Å². The summed E-state index contributed by atoms with van der Waals surface area (Å²) >= 11 is 0. The van der Waals surface area contributed by atoms with Crippen LogP contribution in [0.1, 0.15) is 6.93 Å². The molecule has 0 nitrogen and oxygen atoms in total. The number of hydrogen-bond donors (Lipinski definition) is 0. The molecule has 3 aromatic carbocycles. The maximum absolute atomic E-state index is 7.71. The average Bonchev–Trinajstić information content (AvgIpc) is 2.36. The summed E-state index contributed by atoms with van der Waals surface area (Å²) in [5.41, 5.74) is 1.13. The van der Waals surface area contributed by atoms with Gasteiger partial charge < -0.3 is 0 Å². The summed E-state index contributed by atoms with van der Waals surface area (Å²) in [5.74, 6) is 0. The van der Waals surface area contributed by atoms with Crippen molar-refractivity contribution in [3.8, 4) is 0 Å². The Balaban J connectivity index is 2.56. The van der Waals surface area contributed by atoms with Crippen molar-refractivity contribution < 1.29 is 1.37 Å². The van der Waals surface area contributed by atoms with Crippen LogP contribution in [0.2, 0.25) is 0 Å². The van der Waals surface area contributed by atoms with Gasteiger partial charge in [0.25, 0.3) is 0 Å². The van der Waals surface area contributed by atoms with E-state index in [0.29, 0.717) is 6.90 Å². The predicted molar refractivity (Wildman–Crippen MR) is 66.2 cm³/mol. The molecule has 0 atom stereocenters. The number of aryl methyl sites for hydroxylation is 1. The van der Waals surface area contributed by atoms with Crippen LogP contribution in [0.15, 0.2) is 54.6 Å². The van der Waals surface area contributed by atoms with Crippen LogP contribution in [0.25, 0.3) is 21.5 Å². The highest BCUT2D eigenvalue weighted by molar-refractivity contribution is 6.01. The van der Waals surface area contributed by atoms with Crippen LogP contribution < -0.4 is 0 Å². The molecule has 15 heavy (non-hydrogen) atoms. The van der Waals surface area contributed by atoms with E-state index in [-0.39, 0.29) is 0 Å². The van der Waals surface area contributed by atoms with Gasteiger partial charge in [0.05, 0.1) is 0 Å². The normalized spacial score (nSPS) is 11.9. The van der Waals surface area contributed by atoms with E-state index >= 15 is 0 Å². The number of rotatable bonds is 0. The SMILES string of the molecule is [2H]Cc1c2ccccc2cc2ccccc12. The van der Waals surface area contributed by atoms with Crippen molar-refractivity contribution in [1.29, 1.82) is 0 Å². The molecule has 72 valence electrons. The lowest BCUT2D eigenvalue weighted by molar-refractivity contribution is 1.58. The zero-order chi connectivity index (χ0) is 11.0. The second-order valence-corrected chi connectivity index (χ2v) is 3.80. The monoisotopic (exact) mass is 193 g/mol. The van der Waals surface area contributed by atoms with Gasteiger partial charge in [0.1, 0.15) is 0 Å². The Morgan fingerprint density at radius 2 is 1.33 bits per heavy atom. The van der Waals surface area contributed by atoms with Gasteiger partial charge in [-0.3, -0.25) is 0 Å². The molecule has 0 amide bonds. The summed E-state index contributed by atoms with van der Waals surface area (Å²) in [7, 11) is 0. The second-order valence-electron chi connectivity index (χ2n) is 3.80. The smallest absolute Gasteiger partial charge is 0.0280 e. The summed E-state index contributed by atoms with van der Waals surface area (Å²) in [6, 6.07) is 18.8. The van der Waals surface area contributed by atoms with Crippen molar-refractivity contribution in [1.82, 2.24) is 0 Å². The van der Waals surface area contributed by atoms with Crippen molar-refractivity contribution in [3.05, 3.63) is 60.2 Å². The molecule has 0 fully saturated rings. The molecule has 0 aliphatic carbocycles. The zero-order valence-corrected chi connectivity index (χ0v) is 8.40. The summed E-state index contributed by atoms with van der Waals surface area (Å²) in [4.78, 5) is 0. The zero-order valence-electron chi connectivity index (χ0n) is 9.40. The van der Waals surface area contributed by atoms with Gasteiger partial charge in [0.2, 0.25) is 0 Å². The van der Waals surface area contributed by atoms with Crippen LogP contribution in [-0.2, 0) is 0 Å². The first kappa shape index (κ1) is 7.47. The number of hydrogen-bond acceptors (Lipinski definition) is 0. The fraction of sp³-hybridized carbons (Fsp3) is 0.0667. The van der Waals surface area contributed by atoms with Crippen LogP contribution in [0.5, 0.6) is 0 Å². The second kappa shape index (κ2) is 3.09. The van der Waals surface area contributed by atoms with Gasteiger partial charge >= 0.3 is 0 Å². The third-order valence-electron chi connectivity index (χ3n) is 2.88. The number of fused-ring (bicyclic) bond motifs is 2. The fourth-order valence-electron chi connectivity index (χ4n) is 2.11. The molecule has 0 unspecified atom stereocenters. The van der Waals surface area contributed by atoms with Crippen molar-refractivity contribution in [2.75, 3.05) is 0 Å². The van der Waals surface area contributed by atoms with Crippen molar-refractivity contribution >= 4 is 21.5 Å². The van der Waals surface area contributed by atoms with Crippen LogP contribution in [-0.4, -0.2) is 0 Å². The highest BCUT2D eigenvalue weighted by Gasteiger charge is 2.01. The Bertz CT molecular complexity index is 602. The molecular weight excluding hydrogens is 180 g/mol. The first-order valence-corrected chi connectivity index (χ1v) is 5.09. The quantitative estimate of drug-likeness (QED) is 0.467. The van der Waals surface area contributed by atoms with E-state index < -0.39 is 0 Å². The van der Waals surface area contributed by atoms with E-state index in [1.807, 2.05) is 24.3 Å². The Morgan fingerprint density at radius 1 is 0.800 bits per heavy atom. The van der Waals surface area contributed by atoms with Crippen LogP contribution in [0.3, 0.4) is 0 Å². The molecule has 0 heteroatoms. The van der Waals surface area contributed by atoms with E-state index in [2.05, 4.69) is 30.3 Å². The maximum Gasteiger partial charge on any atom is 0.0280 e. The molecule has 3 aromatic rings. The molecule has 0 aromatic heterocycles. The van der Waals surface area contributed by atoms with E-state index in [0.717, 1.165) is 5.56 Å². The standard InChI is InChI=1S/C15H12/c1-11-14-8-4-2-6-12(14)10-13-7-3-5-9-15(11)13/h2-10H,1H3/i1D. The Morgan fingerprint density at radius 3 is 1.87 bits per heavy atom. The van der Waals surface area contributed by atoms with Crippen molar-refractivity contribution in [2.24, 2.45) is 0 Å². The summed E-state index contributed by atoms with van der Waals surface area (Å²) < 4.78 is 7.71. The molecule has 0 aliphatic heterocycles. The molecule has 0 heterocycles. The highest BCUT2D eigenvalue weighted by atomic mass is 14.1. The van der Waals surface area contributed by atoms with E-state index in [4.69, 9.17) is 1.37 Å². The third kappa shape index (κ3) is 1.22. The fourth-order valence-corrected chi connectivity index (χ4v) is 2.11. The van der Waals surface area contributed by atoms with E-state index in [1.165, 1.54) is 21.5 Å². The Kier molecular flexibility index (Phi) is 1.54. The first-order chi connectivity index (χ1) is 7.90. The van der Waals surface area contributed by atoms with Gasteiger partial charge in [-0.15, -0.1) is 0 Å². The molecule has 0 spiro atoms. The first-order valence-electron chi connectivity index (χ1n) is 5.79. The minimum atomic E-state index is 0.335. The molecular formula is C15H12. The third-order valence-corrected chi connectivity index (χ3v) is 2.88. The van der Waals surface area contributed by atoms with Crippen LogP contribution in [0, 0.1) is 6.90 Å². The lowest BCUT2D eigenvalue weighted by atomic mass is 9.98. The highest BCUT2D eigenvalue weighted by Crippen LogP contribution is 2.27. The molecule has 0 N–H and O–H groups in total. The average molecular weight is 193 g/mol. The minimum Gasteiger partial charge on any atom is -0.0616 e. The molecule has 0 saturated heterocycles. The largest absolute Gasteiger partial charge is 0.0616 e. The van der Waals surface area contributed by atoms with Gasteiger partial charge in [0.15, 0.2) is 0 Å². The lowest BCUT2D eigenvalue weighted by Crippen LogP contribution is -1.81. The van der Waals surface area contributed by atoms with Gasteiger partial charge in [-0.2, -0.15) is 0 Å². The van der Waals surface area contributed by atoms with Gasteiger partial charge in [-0.1, -0.05) is 48.5 Å². The predicted octanol–water partition coefficient (Wildman–Crippen LogP) is 4.30. The topological polar surface area (TPSA) is 0 Å². The molecule has 0 saturated carbocycles. The van der Waals surface area contributed by atoms with E-state index in [1.54, 1.807) is 0 Å². The van der Waals surface area contributed by atoms with Gasteiger partial charge in [0, 0.05) is 1.37 Å².